The van der Waals surface area contributed by atoms with Crippen LogP contribution in [0.15, 0.2) is 59.6 Å². The number of nitrogens with one attached hydrogen (secondary N) is 1. The van der Waals surface area contributed by atoms with Gasteiger partial charge in [0.1, 0.15) is 11.8 Å². The van der Waals surface area contributed by atoms with Gasteiger partial charge >= 0.3 is 0 Å². The average molecular weight is 323 g/mol. The third kappa shape index (κ3) is 3.27. The molecule has 1 aliphatic heterocycles. The van der Waals surface area contributed by atoms with E-state index in [2.05, 4.69) is 10.4 Å². The lowest BCUT2D eigenvalue weighted by atomic mass is 10.0. The number of para-hydroxylation sites is 1. The van der Waals surface area contributed by atoms with Gasteiger partial charge in [0.25, 0.3) is 5.91 Å². The van der Waals surface area contributed by atoms with Crippen LogP contribution in [0.2, 0.25) is 0 Å². The van der Waals surface area contributed by atoms with Crippen molar-refractivity contribution in [3.8, 4) is 5.75 Å². The number of rotatable bonds is 4. The number of phenols is 1. The average Bonchev–Trinajstić information content (AvgIpc) is 2.59. The molecule has 2 aromatic rings. The number of hydrogen-bond donors (Lipinski definition) is 2. The first-order valence-corrected chi connectivity index (χ1v) is 7.57. The molecule has 0 radical (unpaired) electrons. The summed E-state index contributed by atoms with van der Waals surface area (Å²) in [6, 6.07) is 15.0. The van der Waals surface area contributed by atoms with Crippen molar-refractivity contribution < 1.29 is 14.7 Å². The fourth-order valence-corrected chi connectivity index (χ4v) is 2.48. The van der Waals surface area contributed by atoms with Crippen LogP contribution in [-0.2, 0) is 16.0 Å². The Morgan fingerprint density at radius 3 is 2.46 bits per heavy atom. The molecule has 0 aliphatic carbocycles. The van der Waals surface area contributed by atoms with Gasteiger partial charge in [-0.15, -0.1) is 0 Å². The number of amides is 1. The second kappa shape index (κ2) is 6.54. The zero-order valence-electron chi connectivity index (χ0n) is 13.1. The number of carbonyl (C=O) groups excluding carboxylic acids is 2. The largest absolute Gasteiger partial charge is 0.508 e. The standard InChI is InChI=1S/C18H17N3O3/c1-12(22)17-19-16(11-13-7-9-15(23)10-8-13)18(24)21(20-17)14-5-3-2-4-6-14/h2-10,16,23H,11H2,1H3,(H,19,20). The molecule has 0 saturated heterocycles. The van der Waals surface area contributed by atoms with E-state index in [1.54, 1.807) is 36.4 Å². The summed E-state index contributed by atoms with van der Waals surface area (Å²) in [5, 5.41) is 10.7. The molecule has 24 heavy (non-hydrogen) atoms. The van der Waals surface area contributed by atoms with Crippen molar-refractivity contribution in [1.29, 1.82) is 0 Å². The number of hydrogen-bond acceptors (Lipinski definition) is 5. The van der Waals surface area contributed by atoms with E-state index in [-0.39, 0.29) is 23.3 Å². The quantitative estimate of drug-likeness (QED) is 0.899. The minimum absolute atomic E-state index is 0.155. The Labute approximate surface area is 139 Å². The van der Waals surface area contributed by atoms with Crippen molar-refractivity contribution in [3.05, 3.63) is 60.2 Å². The number of Topliss-reactive ketones (excluding diaryl/α,β-unsaturated/α-hetero) is 1. The minimum Gasteiger partial charge on any atom is -0.508 e. The van der Waals surface area contributed by atoms with Gasteiger partial charge in [0.05, 0.1) is 5.69 Å². The molecule has 6 nitrogen and oxygen atoms in total. The molecular formula is C18H17N3O3. The molecule has 6 heteroatoms. The van der Waals surface area contributed by atoms with Gasteiger partial charge in [-0.1, -0.05) is 30.3 Å². The Morgan fingerprint density at radius 2 is 1.83 bits per heavy atom. The summed E-state index contributed by atoms with van der Waals surface area (Å²) in [6.07, 6.45) is 0.348. The summed E-state index contributed by atoms with van der Waals surface area (Å²) >= 11 is 0. The van der Waals surface area contributed by atoms with E-state index in [4.69, 9.17) is 0 Å². The molecule has 0 aromatic heterocycles. The maximum atomic E-state index is 12.8. The third-order valence-electron chi connectivity index (χ3n) is 3.72. The van der Waals surface area contributed by atoms with Gasteiger partial charge in [0.2, 0.25) is 0 Å². The Morgan fingerprint density at radius 1 is 1.17 bits per heavy atom. The van der Waals surface area contributed by atoms with Crippen molar-refractivity contribution in [2.24, 2.45) is 4.99 Å². The van der Waals surface area contributed by atoms with Crippen molar-refractivity contribution in [1.82, 2.24) is 5.43 Å². The van der Waals surface area contributed by atoms with Gasteiger partial charge in [-0.05, 0) is 29.8 Å². The van der Waals surface area contributed by atoms with Crippen molar-refractivity contribution in [2.75, 3.05) is 5.01 Å². The smallest absolute Gasteiger partial charge is 0.270 e. The number of aliphatic imine (C=N–C) groups is 1. The lowest BCUT2D eigenvalue weighted by molar-refractivity contribution is -0.120. The first-order valence-electron chi connectivity index (χ1n) is 7.57. The van der Waals surface area contributed by atoms with Crippen LogP contribution < -0.4 is 10.4 Å². The first kappa shape index (κ1) is 15.7. The summed E-state index contributed by atoms with van der Waals surface area (Å²) in [5.74, 6) is -0.158. The van der Waals surface area contributed by atoms with Crippen LogP contribution in [0.25, 0.3) is 0 Å². The van der Waals surface area contributed by atoms with Crippen LogP contribution in [-0.4, -0.2) is 28.7 Å². The molecule has 1 aliphatic rings. The lowest BCUT2D eigenvalue weighted by Crippen LogP contribution is -2.56. The molecule has 1 heterocycles. The highest BCUT2D eigenvalue weighted by molar-refractivity contribution is 6.39. The number of carbonyl (C=O) groups is 2. The van der Waals surface area contributed by atoms with Gasteiger partial charge in [0, 0.05) is 13.3 Å². The topological polar surface area (TPSA) is 82.0 Å². The van der Waals surface area contributed by atoms with E-state index in [0.717, 1.165) is 5.56 Å². The van der Waals surface area contributed by atoms with Crippen LogP contribution in [0, 0.1) is 0 Å². The van der Waals surface area contributed by atoms with Gasteiger partial charge in [-0.25, -0.2) is 5.01 Å². The molecule has 0 bridgehead atoms. The maximum absolute atomic E-state index is 12.8. The number of aromatic hydroxyl groups is 1. The highest BCUT2D eigenvalue weighted by Crippen LogP contribution is 2.19. The Bertz CT molecular complexity index is 785. The van der Waals surface area contributed by atoms with Gasteiger partial charge < -0.3 is 5.11 Å². The van der Waals surface area contributed by atoms with Crippen molar-refractivity contribution >= 4 is 23.2 Å². The van der Waals surface area contributed by atoms with E-state index in [9.17, 15) is 14.7 Å². The van der Waals surface area contributed by atoms with Crippen LogP contribution in [0.5, 0.6) is 5.75 Å². The molecule has 1 unspecified atom stereocenters. The van der Waals surface area contributed by atoms with E-state index >= 15 is 0 Å². The van der Waals surface area contributed by atoms with Crippen LogP contribution in [0.1, 0.15) is 12.5 Å². The van der Waals surface area contributed by atoms with Crippen LogP contribution in [0.4, 0.5) is 5.69 Å². The predicted molar refractivity (Wildman–Crippen MR) is 90.8 cm³/mol. The Balaban J connectivity index is 1.91. The summed E-state index contributed by atoms with van der Waals surface area (Å²) in [4.78, 5) is 28.8. The maximum Gasteiger partial charge on any atom is 0.270 e. The van der Waals surface area contributed by atoms with E-state index in [1.807, 2.05) is 18.2 Å². The number of amidine groups is 1. The monoisotopic (exact) mass is 323 g/mol. The van der Waals surface area contributed by atoms with Gasteiger partial charge in [-0.2, -0.15) is 0 Å². The second-order valence-corrected chi connectivity index (χ2v) is 5.54. The molecule has 0 saturated carbocycles. The summed E-state index contributed by atoms with van der Waals surface area (Å²) in [7, 11) is 0. The summed E-state index contributed by atoms with van der Waals surface area (Å²) < 4.78 is 0. The number of ketones is 1. The van der Waals surface area contributed by atoms with Crippen LogP contribution in [0.3, 0.4) is 0 Å². The molecule has 0 spiro atoms. The number of benzene rings is 2. The van der Waals surface area contributed by atoms with Crippen molar-refractivity contribution in [3.63, 3.8) is 0 Å². The molecular weight excluding hydrogens is 306 g/mol. The highest BCUT2D eigenvalue weighted by atomic mass is 16.3. The van der Waals surface area contributed by atoms with Gasteiger partial charge in [0.15, 0.2) is 11.6 Å². The zero-order chi connectivity index (χ0) is 17.1. The molecule has 2 N–H and O–H groups in total. The number of hydrazine groups is 1. The normalized spacial score (nSPS) is 17.2. The number of phenolic OH excluding ortho intramolecular Hbond substituents is 1. The van der Waals surface area contributed by atoms with E-state index in [0.29, 0.717) is 12.1 Å². The minimum atomic E-state index is -0.699. The lowest BCUT2D eigenvalue weighted by Gasteiger charge is -2.31. The molecule has 0 fully saturated rings. The fourth-order valence-electron chi connectivity index (χ4n) is 2.48. The SMILES string of the molecule is CC(=O)C1=NC(Cc2ccc(O)cc2)C(=O)N(c2ccccc2)N1. The molecule has 3 rings (SSSR count). The summed E-state index contributed by atoms with van der Waals surface area (Å²) in [5.41, 5.74) is 4.29. The highest BCUT2D eigenvalue weighted by Gasteiger charge is 2.32. The number of anilines is 1. The zero-order valence-corrected chi connectivity index (χ0v) is 13.1. The fraction of sp³-hybridized carbons (Fsp3) is 0.167. The third-order valence-corrected chi connectivity index (χ3v) is 3.72. The second-order valence-electron chi connectivity index (χ2n) is 5.54. The molecule has 1 atom stereocenters. The summed E-state index contributed by atoms with van der Waals surface area (Å²) in [6.45, 7) is 1.41. The molecule has 2 aromatic carbocycles. The van der Waals surface area contributed by atoms with Crippen LogP contribution >= 0.6 is 0 Å². The molecule has 122 valence electrons. The van der Waals surface area contributed by atoms with Crippen molar-refractivity contribution in [2.45, 2.75) is 19.4 Å². The Hall–Kier alpha value is -3.15. The van der Waals surface area contributed by atoms with E-state index < -0.39 is 6.04 Å². The van der Waals surface area contributed by atoms with E-state index in [1.165, 1.54) is 11.9 Å². The number of nitrogens with zero attached hydrogens (tertiary/aromatic N) is 2. The van der Waals surface area contributed by atoms with Gasteiger partial charge in [-0.3, -0.25) is 20.0 Å². The predicted octanol–water partition coefficient (Wildman–Crippen LogP) is 1.84. The molecule has 1 amide bonds. The first-order chi connectivity index (χ1) is 11.5. The Kier molecular flexibility index (Phi) is 4.29.